The highest BCUT2D eigenvalue weighted by Gasteiger charge is 2.11. The Morgan fingerprint density at radius 1 is 1.30 bits per heavy atom. The summed E-state index contributed by atoms with van der Waals surface area (Å²) in [5, 5.41) is 0.951. The van der Waals surface area contributed by atoms with Gasteiger partial charge in [-0.15, -0.1) is 0 Å². The Morgan fingerprint density at radius 2 is 2.05 bits per heavy atom. The van der Waals surface area contributed by atoms with Crippen molar-refractivity contribution in [2.75, 3.05) is 31.9 Å². The second kappa shape index (κ2) is 7.61. The van der Waals surface area contributed by atoms with Crippen molar-refractivity contribution in [1.82, 2.24) is 9.36 Å². The zero-order valence-electron chi connectivity index (χ0n) is 11.9. The largest absolute Gasteiger partial charge is 0.376 e. The first-order chi connectivity index (χ1) is 9.70. The molecule has 0 unspecified atom stereocenters. The van der Waals surface area contributed by atoms with Crippen LogP contribution in [-0.2, 0) is 10.5 Å². The minimum absolute atomic E-state index is 0.119. The Morgan fingerprint density at radius 3 is 2.65 bits per heavy atom. The molecule has 0 radical (unpaired) electrons. The van der Waals surface area contributed by atoms with Crippen LogP contribution in [0, 0.1) is 0 Å². The van der Waals surface area contributed by atoms with Gasteiger partial charge >= 0.3 is 0 Å². The van der Waals surface area contributed by atoms with Crippen molar-refractivity contribution < 1.29 is 4.74 Å². The van der Waals surface area contributed by atoms with Gasteiger partial charge in [0, 0.05) is 38.5 Å². The van der Waals surface area contributed by atoms with Gasteiger partial charge in [-0.25, -0.2) is 4.98 Å². The summed E-state index contributed by atoms with van der Waals surface area (Å²) in [5.74, 6) is 2.61. The normalized spacial score (nSPS) is 12.3. The maximum atomic E-state index is 5.55. The van der Waals surface area contributed by atoms with E-state index in [0.717, 1.165) is 22.5 Å². The summed E-state index contributed by atoms with van der Waals surface area (Å²) in [7, 11) is 5.71. The average Bonchev–Trinajstić information content (AvgIpc) is 2.94. The van der Waals surface area contributed by atoms with Crippen LogP contribution in [0.15, 0.2) is 30.3 Å². The summed E-state index contributed by atoms with van der Waals surface area (Å²) in [6, 6.07) is 10.3. The lowest BCUT2D eigenvalue weighted by molar-refractivity contribution is 0.123. The third kappa shape index (κ3) is 4.19. The van der Waals surface area contributed by atoms with E-state index in [1.54, 1.807) is 18.9 Å². The Bertz CT molecular complexity index is 516. The van der Waals surface area contributed by atoms with Crippen molar-refractivity contribution in [1.29, 1.82) is 0 Å². The molecular formula is C14H19N3OS2. The highest BCUT2D eigenvalue weighted by Crippen LogP contribution is 2.24. The smallest absolute Gasteiger partial charge is 0.204 e. The van der Waals surface area contributed by atoms with Crippen molar-refractivity contribution in [3.63, 3.8) is 0 Å². The first-order valence-corrected chi connectivity index (χ1v) is 8.29. The van der Waals surface area contributed by atoms with E-state index in [2.05, 4.69) is 21.5 Å². The zero-order chi connectivity index (χ0) is 14.4. The third-order valence-electron chi connectivity index (χ3n) is 2.80. The molecule has 0 amide bonds. The molecule has 0 bridgehead atoms. The molecule has 1 heterocycles. The van der Waals surface area contributed by atoms with E-state index in [1.165, 1.54) is 17.1 Å². The molecule has 6 heteroatoms. The molecule has 0 spiro atoms. The van der Waals surface area contributed by atoms with Crippen LogP contribution in [0.25, 0.3) is 0 Å². The molecule has 0 aliphatic carbocycles. The van der Waals surface area contributed by atoms with E-state index in [0.29, 0.717) is 0 Å². The van der Waals surface area contributed by atoms with Crippen molar-refractivity contribution in [2.45, 2.75) is 11.9 Å². The van der Waals surface area contributed by atoms with E-state index >= 15 is 0 Å². The molecule has 0 saturated heterocycles. The van der Waals surface area contributed by atoms with E-state index < -0.39 is 0 Å². The van der Waals surface area contributed by atoms with Crippen molar-refractivity contribution in [2.24, 2.45) is 0 Å². The summed E-state index contributed by atoms with van der Waals surface area (Å²) < 4.78 is 9.91. The van der Waals surface area contributed by atoms with Crippen molar-refractivity contribution in [3.8, 4) is 0 Å². The number of methoxy groups -OCH3 is 1. The first kappa shape index (κ1) is 15.3. The third-order valence-corrected chi connectivity index (χ3v) is 4.72. The lowest BCUT2D eigenvalue weighted by Gasteiger charge is -2.14. The molecule has 0 fully saturated rings. The molecule has 20 heavy (non-hydrogen) atoms. The summed E-state index contributed by atoms with van der Waals surface area (Å²) in [6.45, 7) is 0. The number of hydrogen-bond acceptors (Lipinski definition) is 6. The van der Waals surface area contributed by atoms with Gasteiger partial charge in [0.25, 0.3) is 0 Å². The fourth-order valence-electron chi connectivity index (χ4n) is 1.71. The minimum atomic E-state index is 0.119. The molecule has 1 aromatic carbocycles. The number of thioether (sulfide) groups is 1. The molecule has 0 aliphatic heterocycles. The minimum Gasteiger partial charge on any atom is -0.376 e. The standard InChI is InChI=1S/C14H19N3OS2/c1-17(2)14-15-13(16-20-14)10-19-9-12(18-3)11-7-5-4-6-8-11/h4-8,12H,9-10H2,1-3H3/t12-/m1/s1. The number of ether oxygens (including phenoxy) is 1. The molecule has 0 saturated carbocycles. The van der Waals surface area contributed by atoms with Gasteiger partial charge in [0.05, 0.1) is 11.9 Å². The molecule has 108 valence electrons. The van der Waals surface area contributed by atoms with Gasteiger partial charge in [0.15, 0.2) is 5.82 Å². The molecule has 4 nitrogen and oxygen atoms in total. The monoisotopic (exact) mass is 309 g/mol. The lowest BCUT2D eigenvalue weighted by Crippen LogP contribution is -2.08. The van der Waals surface area contributed by atoms with Gasteiger partial charge in [-0.05, 0) is 5.56 Å². The van der Waals surface area contributed by atoms with Gasteiger partial charge < -0.3 is 9.64 Å². The van der Waals surface area contributed by atoms with Gasteiger partial charge in [-0.2, -0.15) is 16.1 Å². The van der Waals surface area contributed by atoms with Crippen LogP contribution in [0.3, 0.4) is 0 Å². The highest BCUT2D eigenvalue weighted by molar-refractivity contribution is 7.98. The van der Waals surface area contributed by atoms with E-state index in [9.17, 15) is 0 Å². The van der Waals surface area contributed by atoms with Gasteiger partial charge in [0.1, 0.15) is 0 Å². The average molecular weight is 309 g/mol. The highest BCUT2D eigenvalue weighted by atomic mass is 32.2. The number of nitrogens with zero attached hydrogens (tertiary/aromatic N) is 3. The SMILES string of the molecule is CO[C@H](CSCc1nsc(N(C)C)n1)c1ccccc1. The van der Waals surface area contributed by atoms with Gasteiger partial charge in [-0.3, -0.25) is 0 Å². The Kier molecular flexibility index (Phi) is 5.82. The Hall–Kier alpha value is -1.11. The molecule has 1 atom stereocenters. The van der Waals surface area contributed by atoms with Crippen LogP contribution in [0.4, 0.5) is 5.13 Å². The van der Waals surface area contributed by atoms with E-state index in [1.807, 2.05) is 37.2 Å². The van der Waals surface area contributed by atoms with Crippen LogP contribution in [-0.4, -0.2) is 36.3 Å². The first-order valence-electron chi connectivity index (χ1n) is 6.36. The number of benzene rings is 1. The fourth-order valence-corrected chi connectivity index (χ4v) is 3.37. The number of anilines is 1. The number of hydrogen-bond donors (Lipinski definition) is 0. The quantitative estimate of drug-likeness (QED) is 0.785. The van der Waals surface area contributed by atoms with Gasteiger partial charge in [-0.1, -0.05) is 30.3 Å². The van der Waals surface area contributed by atoms with E-state index in [4.69, 9.17) is 4.74 Å². The molecular weight excluding hydrogens is 290 g/mol. The number of rotatable bonds is 7. The Balaban J connectivity index is 1.84. The lowest BCUT2D eigenvalue weighted by atomic mass is 10.1. The molecule has 1 aromatic heterocycles. The van der Waals surface area contributed by atoms with Crippen LogP contribution in [0.1, 0.15) is 17.5 Å². The topological polar surface area (TPSA) is 38.2 Å². The summed E-state index contributed by atoms with van der Waals surface area (Å²) in [4.78, 5) is 6.46. The predicted molar refractivity (Wildman–Crippen MR) is 86.6 cm³/mol. The maximum Gasteiger partial charge on any atom is 0.204 e. The molecule has 2 aromatic rings. The summed E-state index contributed by atoms with van der Waals surface area (Å²) in [5.41, 5.74) is 1.21. The number of aromatic nitrogens is 2. The van der Waals surface area contributed by atoms with Crippen molar-refractivity contribution in [3.05, 3.63) is 41.7 Å². The van der Waals surface area contributed by atoms with Gasteiger partial charge in [0.2, 0.25) is 5.13 Å². The van der Waals surface area contributed by atoms with Crippen LogP contribution in [0.5, 0.6) is 0 Å². The van der Waals surface area contributed by atoms with Crippen molar-refractivity contribution >= 4 is 28.4 Å². The summed E-state index contributed by atoms with van der Waals surface area (Å²) >= 11 is 3.24. The zero-order valence-corrected chi connectivity index (χ0v) is 13.6. The van der Waals surface area contributed by atoms with Crippen LogP contribution < -0.4 is 4.90 Å². The maximum absolute atomic E-state index is 5.55. The fraction of sp³-hybridized carbons (Fsp3) is 0.429. The Labute approximate surface area is 128 Å². The second-order valence-corrected chi connectivity index (χ2v) is 6.30. The second-order valence-electron chi connectivity index (χ2n) is 4.54. The van der Waals surface area contributed by atoms with Crippen LogP contribution in [0.2, 0.25) is 0 Å². The van der Waals surface area contributed by atoms with Crippen LogP contribution >= 0.6 is 23.3 Å². The molecule has 0 N–H and O–H groups in total. The van der Waals surface area contributed by atoms with E-state index in [-0.39, 0.29) is 6.10 Å². The predicted octanol–water partition coefficient (Wildman–Crippen LogP) is 3.23. The molecule has 0 aliphatic rings. The summed E-state index contributed by atoms with van der Waals surface area (Å²) in [6.07, 6.45) is 0.119. The molecule has 2 rings (SSSR count).